The van der Waals surface area contributed by atoms with Gasteiger partial charge >= 0.3 is 0 Å². The van der Waals surface area contributed by atoms with Gasteiger partial charge in [-0.1, -0.05) is 24.3 Å². The molecule has 2 unspecified atom stereocenters. The van der Waals surface area contributed by atoms with Crippen LogP contribution in [0.3, 0.4) is 0 Å². The van der Waals surface area contributed by atoms with Gasteiger partial charge in [0, 0.05) is 17.5 Å². The fourth-order valence-electron chi connectivity index (χ4n) is 3.71. The molecular weight excluding hydrogens is 360 g/mol. The Morgan fingerprint density at radius 2 is 2.07 bits per heavy atom. The molecule has 2 aromatic carbocycles. The molecule has 0 saturated carbocycles. The molecule has 2 aliphatic heterocycles. The van der Waals surface area contributed by atoms with Gasteiger partial charge < -0.3 is 14.6 Å². The van der Waals surface area contributed by atoms with E-state index < -0.39 is 6.23 Å². The molecule has 3 heterocycles. The molecule has 0 bridgehead atoms. The number of fused-ring (bicyclic) bond motifs is 3. The average molecular weight is 378 g/mol. The molecule has 1 N–H and O–H groups in total. The van der Waals surface area contributed by atoms with Gasteiger partial charge in [-0.25, -0.2) is 5.01 Å². The summed E-state index contributed by atoms with van der Waals surface area (Å²) >= 11 is 1.70. The first-order valence-electron chi connectivity index (χ1n) is 8.77. The molecule has 0 radical (unpaired) electrons. The molecule has 5 rings (SSSR count). The van der Waals surface area contributed by atoms with Crippen LogP contribution in [0, 0.1) is 0 Å². The van der Waals surface area contributed by atoms with Crippen LogP contribution in [-0.2, 0) is 0 Å². The summed E-state index contributed by atoms with van der Waals surface area (Å²) in [6.07, 6.45) is 0.429. The van der Waals surface area contributed by atoms with Crippen LogP contribution in [0.4, 0.5) is 0 Å². The minimum Gasteiger partial charge on any atom is -0.504 e. The molecule has 0 fully saturated rings. The number of ether oxygens (including phenoxy) is 2. The summed E-state index contributed by atoms with van der Waals surface area (Å²) in [5, 5.41) is 19.2. The lowest BCUT2D eigenvalue weighted by molar-refractivity contribution is -0.0191. The first-order chi connectivity index (χ1) is 13.2. The van der Waals surface area contributed by atoms with Gasteiger partial charge in [-0.2, -0.15) is 5.10 Å². The summed E-state index contributed by atoms with van der Waals surface area (Å²) in [5.41, 5.74) is 3.05. The number of hydrogen-bond acceptors (Lipinski definition) is 6. The molecule has 0 aliphatic carbocycles. The van der Waals surface area contributed by atoms with Crippen LogP contribution in [0.2, 0.25) is 0 Å². The van der Waals surface area contributed by atoms with E-state index in [1.54, 1.807) is 23.5 Å². The van der Waals surface area contributed by atoms with Gasteiger partial charge in [-0.3, -0.25) is 0 Å². The maximum atomic E-state index is 10.2. The third-order valence-corrected chi connectivity index (χ3v) is 5.91. The predicted molar refractivity (Wildman–Crippen MR) is 105 cm³/mol. The summed E-state index contributed by atoms with van der Waals surface area (Å²) in [7, 11) is 1.54. The van der Waals surface area contributed by atoms with Crippen molar-refractivity contribution in [3.63, 3.8) is 0 Å². The molecular formula is C21H18N2O3S. The molecule has 5 nitrogen and oxygen atoms in total. The van der Waals surface area contributed by atoms with Crippen molar-refractivity contribution in [2.75, 3.05) is 7.11 Å². The van der Waals surface area contributed by atoms with E-state index in [1.165, 1.54) is 12.0 Å². The SMILES string of the molecule is COc1ccc(C2Oc3ccccc3C3CC(c4cccs4)=NN32)cc1O. The van der Waals surface area contributed by atoms with Crippen molar-refractivity contribution in [2.24, 2.45) is 5.10 Å². The summed E-state index contributed by atoms with van der Waals surface area (Å²) in [6.45, 7) is 0. The standard InChI is InChI=1S/C21H18N2O3S/c1-25-19-9-8-13(11-17(19)24)21-23-16(14-5-2-3-6-18(14)26-21)12-15(22-23)20-7-4-10-27-20/h2-11,16,21,24H,12H2,1H3. The second-order valence-electron chi connectivity index (χ2n) is 6.56. The topological polar surface area (TPSA) is 54.3 Å². The van der Waals surface area contributed by atoms with Gasteiger partial charge in [-0.15, -0.1) is 11.3 Å². The second kappa shape index (κ2) is 6.32. The number of hydrazone groups is 1. The van der Waals surface area contributed by atoms with Gasteiger partial charge in [0.1, 0.15) is 5.75 Å². The maximum Gasteiger partial charge on any atom is 0.214 e. The Hall–Kier alpha value is -2.99. The largest absolute Gasteiger partial charge is 0.504 e. The molecule has 0 saturated heterocycles. The summed E-state index contributed by atoms with van der Waals surface area (Å²) < 4.78 is 11.5. The van der Waals surface area contributed by atoms with Crippen LogP contribution in [0.25, 0.3) is 0 Å². The minimum absolute atomic E-state index is 0.0932. The fraction of sp³-hybridized carbons (Fsp3) is 0.190. The van der Waals surface area contributed by atoms with E-state index in [1.807, 2.05) is 35.3 Å². The van der Waals surface area contributed by atoms with Gasteiger partial charge in [0.15, 0.2) is 11.5 Å². The highest BCUT2D eigenvalue weighted by molar-refractivity contribution is 7.12. The molecule has 2 atom stereocenters. The lowest BCUT2D eigenvalue weighted by atomic mass is 9.97. The van der Waals surface area contributed by atoms with Crippen LogP contribution in [0.15, 0.2) is 65.1 Å². The first-order valence-corrected chi connectivity index (χ1v) is 9.65. The Morgan fingerprint density at radius 3 is 2.85 bits per heavy atom. The maximum absolute atomic E-state index is 10.2. The third-order valence-electron chi connectivity index (χ3n) is 4.99. The number of thiophene rings is 1. The quantitative estimate of drug-likeness (QED) is 0.717. The monoisotopic (exact) mass is 378 g/mol. The minimum atomic E-state index is -0.404. The molecule has 3 aromatic rings. The molecule has 27 heavy (non-hydrogen) atoms. The van der Waals surface area contributed by atoms with Crippen LogP contribution in [0.1, 0.15) is 34.7 Å². The van der Waals surface area contributed by atoms with E-state index in [-0.39, 0.29) is 11.8 Å². The summed E-state index contributed by atoms with van der Waals surface area (Å²) in [6, 6.07) is 17.7. The number of aromatic hydroxyl groups is 1. The van der Waals surface area contributed by atoms with Crippen LogP contribution in [0.5, 0.6) is 17.2 Å². The predicted octanol–water partition coefficient (Wildman–Crippen LogP) is 4.70. The molecule has 2 aliphatic rings. The highest BCUT2D eigenvalue weighted by atomic mass is 32.1. The number of methoxy groups -OCH3 is 1. The fourth-order valence-corrected chi connectivity index (χ4v) is 4.43. The Labute approximate surface area is 161 Å². The number of hydrogen-bond donors (Lipinski definition) is 1. The Balaban J connectivity index is 1.59. The number of rotatable bonds is 3. The van der Waals surface area contributed by atoms with Crippen molar-refractivity contribution in [3.05, 3.63) is 76.0 Å². The normalized spacial score (nSPS) is 20.5. The molecule has 136 valence electrons. The summed E-state index contributed by atoms with van der Waals surface area (Å²) in [4.78, 5) is 1.18. The van der Waals surface area contributed by atoms with E-state index in [4.69, 9.17) is 14.6 Å². The molecule has 1 aromatic heterocycles. The zero-order valence-corrected chi connectivity index (χ0v) is 15.5. The number of benzene rings is 2. The summed E-state index contributed by atoms with van der Waals surface area (Å²) in [5.74, 6) is 1.40. The Bertz CT molecular complexity index is 1020. The van der Waals surface area contributed by atoms with Crippen molar-refractivity contribution < 1.29 is 14.6 Å². The number of nitrogens with zero attached hydrogens (tertiary/aromatic N) is 2. The van der Waals surface area contributed by atoms with Gasteiger partial charge in [0.2, 0.25) is 6.23 Å². The highest BCUT2D eigenvalue weighted by Gasteiger charge is 2.41. The van der Waals surface area contributed by atoms with E-state index >= 15 is 0 Å². The third kappa shape index (κ3) is 2.64. The molecule has 0 spiro atoms. The Kier molecular flexibility index (Phi) is 3.79. The van der Waals surface area contributed by atoms with Gasteiger partial charge in [-0.05, 0) is 35.7 Å². The van der Waals surface area contributed by atoms with Gasteiger partial charge in [0.25, 0.3) is 0 Å². The van der Waals surface area contributed by atoms with Crippen molar-refractivity contribution in [2.45, 2.75) is 18.7 Å². The zero-order chi connectivity index (χ0) is 18.4. The van der Waals surface area contributed by atoms with E-state index in [9.17, 15) is 5.11 Å². The van der Waals surface area contributed by atoms with E-state index in [0.717, 1.165) is 29.0 Å². The average Bonchev–Trinajstić information content (AvgIpc) is 3.37. The van der Waals surface area contributed by atoms with Gasteiger partial charge in [0.05, 0.1) is 23.7 Å². The van der Waals surface area contributed by atoms with E-state index in [0.29, 0.717) is 5.75 Å². The van der Waals surface area contributed by atoms with Crippen LogP contribution < -0.4 is 9.47 Å². The lowest BCUT2D eigenvalue weighted by Crippen LogP contribution is -2.33. The lowest BCUT2D eigenvalue weighted by Gasteiger charge is -2.38. The Morgan fingerprint density at radius 1 is 1.19 bits per heavy atom. The van der Waals surface area contributed by atoms with E-state index in [2.05, 4.69) is 17.5 Å². The first kappa shape index (κ1) is 16.2. The number of phenolic OH excluding ortho intramolecular Hbond substituents is 1. The number of para-hydroxylation sites is 1. The molecule has 0 amide bonds. The van der Waals surface area contributed by atoms with Crippen molar-refractivity contribution in [3.8, 4) is 17.2 Å². The zero-order valence-electron chi connectivity index (χ0n) is 14.7. The second-order valence-corrected chi connectivity index (χ2v) is 7.51. The van der Waals surface area contributed by atoms with Crippen LogP contribution >= 0.6 is 11.3 Å². The van der Waals surface area contributed by atoms with Crippen molar-refractivity contribution in [1.82, 2.24) is 5.01 Å². The highest BCUT2D eigenvalue weighted by Crippen LogP contribution is 2.48. The smallest absolute Gasteiger partial charge is 0.214 e. The molecule has 6 heteroatoms. The number of phenols is 1. The van der Waals surface area contributed by atoms with Crippen molar-refractivity contribution >= 4 is 17.0 Å². The van der Waals surface area contributed by atoms with Crippen LogP contribution in [-0.4, -0.2) is 22.9 Å². The van der Waals surface area contributed by atoms with Crippen molar-refractivity contribution in [1.29, 1.82) is 0 Å².